The van der Waals surface area contributed by atoms with Crippen molar-refractivity contribution < 1.29 is 5.11 Å². The second-order valence-corrected chi connectivity index (χ2v) is 4.87. The predicted molar refractivity (Wildman–Crippen MR) is 44.3 cm³/mol. The molecule has 1 heterocycles. The highest BCUT2D eigenvalue weighted by molar-refractivity contribution is 5.11. The zero-order chi connectivity index (χ0) is 8.11. The minimum absolute atomic E-state index is 0.253. The van der Waals surface area contributed by atoms with E-state index in [0.717, 1.165) is 13.1 Å². The van der Waals surface area contributed by atoms with Gasteiger partial charge in [0.2, 0.25) is 0 Å². The van der Waals surface area contributed by atoms with Gasteiger partial charge in [-0.1, -0.05) is 13.8 Å². The molecule has 2 nitrogen and oxygen atoms in total. The van der Waals surface area contributed by atoms with E-state index in [1.54, 1.807) is 0 Å². The zero-order valence-corrected chi connectivity index (χ0v) is 7.35. The average Bonchev–Trinajstić information content (AvgIpc) is 2.28. The van der Waals surface area contributed by atoms with E-state index in [-0.39, 0.29) is 5.41 Å². The molecule has 2 atom stereocenters. The molecule has 1 saturated heterocycles. The molecule has 11 heavy (non-hydrogen) atoms. The lowest BCUT2D eigenvalue weighted by Gasteiger charge is -2.56. The van der Waals surface area contributed by atoms with E-state index >= 15 is 0 Å². The van der Waals surface area contributed by atoms with Crippen LogP contribution >= 0.6 is 0 Å². The van der Waals surface area contributed by atoms with Crippen LogP contribution in [-0.2, 0) is 0 Å². The molecule has 2 heteroatoms. The van der Waals surface area contributed by atoms with Gasteiger partial charge in [0, 0.05) is 12.0 Å². The van der Waals surface area contributed by atoms with Crippen molar-refractivity contribution in [1.82, 2.24) is 5.32 Å². The molecule has 0 aromatic rings. The van der Waals surface area contributed by atoms with E-state index in [9.17, 15) is 5.11 Å². The van der Waals surface area contributed by atoms with Crippen molar-refractivity contribution in [3.63, 3.8) is 0 Å². The van der Waals surface area contributed by atoms with Gasteiger partial charge in [-0.3, -0.25) is 0 Å². The SMILES string of the molecule is CC1(C)C[C@]2(CO)CNC[C@H]12. The number of rotatable bonds is 1. The summed E-state index contributed by atoms with van der Waals surface area (Å²) in [7, 11) is 0. The molecule has 0 aromatic heterocycles. The van der Waals surface area contributed by atoms with Crippen LogP contribution in [0.5, 0.6) is 0 Å². The topological polar surface area (TPSA) is 32.3 Å². The summed E-state index contributed by atoms with van der Waals surface area (Å²) in [6, 6.07) is 0. The van der Waals surface area contributed by atoms with Gasteiger partial charge in [-0.25, -0.2) is 0 Å². The third-order valence-corrected chi connectivity index (χ3v) is 3.63. The maximum Gasteiger partial charge on any atom is 0.0503 e. The van der Waals surface area contributed by atoms with Crippen LogP contribution in [0.1, 0.15) is 20.3 Å². The minimum atomic E-state index is 0.253. The highest BCUT2D eigenvalue weighted by Crippen LogP contribution is 2.60. The number of aliphatic hydroxyl groups excluding tert-OH is 1. The molecule has 0 radical (unpaired) electrons. The number of nitrogens with one attached hydrogen (secondary N) is 1. The molecule has 2 rings (SSSR count). The van der Waals surface area contributed by atoms with E-state index in [1.807, 2.05) is 0 Å². The molecule has 0 amide bonds. The molecule has 2 fully saturated rings. The quantitative estimate of drug-likeness (QED) is 0.581. The second kappa shape index (κ2) is 1.99. The zero-order valence-electron chi connectivity index (χ0n) is 7.35. The second-order valence-electron chi connectivity index (χ2n) is 4.87. The van der Waals surface area contributed by atoms with E-state index in [1.165, 1.54) is 6.42 Å². The molecule has 0 spiro atoms. The molecule has 0 unspecified atom stereocenters. The van der Waals surface area contributed by atoms with Crippen molar-refractivity contribution in [2.45, 2.75) is 20.3 Å². The molecule has 2 N–H and O–H groups in total. The van der Waals surface area contributed by atoms with Crippen LogP contribution in [0, 0.1) is 16.7 Å². The summed E-state index contributed by atoms with van der Waals surface area (Å²) >= 11 is 0. The number of hydrogen-bond acceptors (Lipinski definition) is 2. The van der Waals surface area contributed by atoms with Crippen LogP contribution in [-0.4, -0.2) is 24.8 Å². The Hall–Kier alpha value is -0.0800. The Bertz CT molecular complexity index is 178. The van der Waals surface area contributed by atoms with Gasteiger partial charge in [-0.2, -0.15) is 0 Å². The summed E-state index contributed by atoms with van der Waals surface area (Å²) in [5.41, 5.74) is 0.718. The molecular formula is C9H17NO. The van der Waals surface area contributed by atoms with Crippen molar-refractivity contribution in [2.75, 3.05) is 19.7 Å². The standard InChI is InChI=1S/C9H17NO/c1-8(2)4-9(6-11)5-10-3-7(8)9/h7,10-11H,3-6H2,1-2H3/t7-,9-/m1/s1. The molecular weight excluding hydrogens is 138 g/mol. The Kier molecular flexibility index (Phi) is 1.37. The molecule has 1 aliphatic carbocycles. The fourth-order valence-corrected chi connectivity index (χ4v) is 3.22. The third-order valence-electron chi connectivity index (χ3n) is 3.63. The van der Waals surface area contributed by atoms with Gasteiger partial charge in [0.25, 0.3) is 0 Å². The number of aliphatic hydroxyl groups is 1. The fourth-order valence-electron chi connectivity index (χ4n) is 3.22. The van der Waals surface area contributed by atoms with Crippen LogP contribution in [0.3, 0.4) is 0 Å². The molecule has 0 aromatic carbocycles. The Morgan fingerprint density at radius 2 is 2.27 bits per heavy atom. The maximum absolute atomic E-state index is 9.24. The van der Waals surface area contributed by atoms with Crippen LogP contribution in [0.25, 0.3) is 0 Å². The van der Waals surface area contributed by atoms with Gasteiger partial charge in [0.1, 0.15) is 0 Å². The summed E-state index contributed by atoms with van der Waals surface area (Å²) in [5.74, 6) is 0.708. The van der Waals surface area contributed by atoms with Gasteiger partial charge >= 0.3 is 0 Å². The van der Waals surface area contributed by atoms with Crippen molar-refractivity contribution in [2.24, 2.45) is 16.7 Å². The van der Waals surface area contributed by atoms with Gasteiger partial charge < -0.3 is 10.4 Å². The van der Waals surface area contributed by atoms with Crippen LogP contribution in [0.4, 0.5) is 0 Å². The molecule has 2 aliphatic rings. The van der Waals surface area contributed by atoms with Crippen LogP contribution in [0.15, 0.2) is 0 Å². The van der Waals surface area contributed by atoms with Crippen molar-refractivity contribution in [1.29, 1.82) is 0 Å². The first-order valence-corrected chi connectivity index (χ1v) is 4.42. The number of fused-ring (bicyclic) bond motifs is 1. The third kappa shape index (κ3) is 0.798. The Balaban J connectivity index is 2.17. The van der Waals surface area contributed by atoms with Gasteiger partial charge in [0.05, 0.1) is 6.61 Å². The maximum atomic E-state index is 9.24. The van der Waals surface area contributed by atoms with Gasteiger partial charge in [0.15, 0.2) is 0 Å². The van der Waals surface area contributed by atoms with Crippen molar-refractivity contribution in [3.8, 4) is 0 Å². The average molecular weight is 155 g/mol. The Morgan fingerprint density at radius 1 is 1.55 bits per heavy atom. The molecule has 64 valence electrons. The molecule has 0 bridgehead atoms. The summed E-state index contributed by atoms with van der Waals surface area (Å²) in [4.78, 5) is 0. The first-order chi connectivity index (χ1) is 5.11. The largest absolute Gasteiger partial charge is 0.396 e. The van der Waals surface area contributed by atoms with Crippen molar-refractivity contribution >= 4 is 0 Å². The monoisotopic (exact) mass is 155 g/mol. The summed E-state index contributed by atoms with van der Waals surface area (Å²) < 4.78 is 0. The highest BCUT2D eigenvalue weighted by Gasteiger charge is 2.60. The number of hydrogen-bond donors (Lipinski definition) is 2. The molecule has 1 aliphatic heterocycles. The van der Waals surface area contributed by atoms with E-state index < -0.39 is 0 Å². The first kappa shape index (κ1) is 7.56. The summed E-state index contributed by atoms with van der Waals surface area (Å²) in [5, 5.41) is 12.6. The van der Waals surface area contributed by atoms with Crippen LogP contribution < -0.4 is 5.32 Å². The van der Waals surface area contributed by atoms with E-state index in [0.29, 0.717) is 17.9 Å². The predicted octanol–water partition coefficient (Wildman–Crippen LogP) is 0.614. The summed E-state index contributed by atoms with van der Waals surface area (Å²) in [6.45, 7) is 7.11. The summed E-state index contributed by atoms with van der Waals surface area (Å²) in [6.07, 6.45) is 1.19. The lowest BCUT2D eigenvalue weighted by atomic mass is 9.48. The fraction of sp³-hybridized carbons (Fsp3) is 1.00. The van der Waals surface area contributed by atoms with Crippen LogP contribution in [0.2, 0.25) is 0 Å². The highest BCUT2D eigenvalue weighted by atomic mass is 16.3. The van der Waals surface area contributed by atoms with Crippen molar-refractivity contribution in [3.05, 3.63) is 0 Å². The smallest absolute Gasteiger partial charge is 0.0503 e. The lowest BCUT2D eigenvalue weighted by molar-refractivity contribution is -0.0974. The minimum Gasteiger partial charge on any atom is -0.396 e. The Labute approximate surface area is 68.0 Å². The van der Waals surface area contributed by atoms with Gasteiger partial charge in [-0.15, -0.1) is 0 Å². The van der Waals surface area contributed by atoms with E-state index in [4.69, 9.17) is 0 Å². The first-order valence-electron chi connectivity index (χ1n) is 4.42. The van der Waals surface area contributed by atoms with Gasteiger partial charge in [-0.05, 0) is 24.3 Å². The normalized spacial score (nSPS) is 46.6. The van der Waals surface area contributed by atoms with E-state index in [2.05, 4.69) is 19.2 Å². The molecule has 1 saturated carbocycles. The Morgan fingerprint density at radius 3 is 2.73 bits per heavy atom. The lowest BCUT2D eigenvalue weighted by Crippen LogP contribution is -2.54.